The predicted octanol–water partition coefficient (Wildman–Crippen LogP) is 2.35. The van der Waals surface area contributed by atoms with Gasteiger partial charge in [0.2, 0.25) is 0 Å². The van der Waals surface area contributed by atoms with E-state index in [2.05, 4.69) is 19.2 Å². The Hall–Kier alpha value is -0.120. The Morgan fingerprint density at radius 2 is 2.24 bits per heavy atom. The zero-order chi connectivity index (χ0) is 12.1. The lowest BCUT2D eigenvalue weighted by atomic mass is 9.87. The number of nitrogens with one attached hydrogen (secondary N) is 1. The van der Waals surface area contributed by atoms with E-state index in [4.69, 9.17) is 9.47 Å². The molecular weight excluding hydrogens is 214 g/mol. The van der Waals surface area contributed by atoms with Gasteiger partial charge in [-0.1, -0.05) is 20.3 Å². The minimum Gasteiger partial charge on any atom is -0.379 e. The van der Waals surface area contributed by atoms with Gasteiger partial charge in [-0.2, -0.15) is 0 Å². The van der Waals surface area contributed by atoms with Crippen LogP contribution in [0.3, 0.4) is 0 Å². The molecule has 1 saturated heterocycles. The van der Waals surface area contributed by atoms with E-state index in [0.29, 0.717) is 17.6 Å². The van der Waals surface area contributed by atoms with Gasteiger partial charge in [0.1, 0.15) is 0 Å². The summed E-state index contributed by atoms with van der Waals surface area (Å²) in [7, 11) is 0. The molecule has 100 valence electrons. The smallest absolute Gasteiger partial charge is 0.0830 e. The van der Waals surface area contributed by atoms with Gasteiger partial charge in [0.15, 0.2) is 0 Å². The standard InChI is InChI=1S/C14H27NO2/c1-14(2)7-3-5-13(14)15-8-4-9-17-12-6-10-16-11-12/h12-13,15H,3-11H2,1-2H3/t12-,13+/m0/s1. The van der Waals surface area contributed by atoms with Crippen molar-refractivity contribution in [3.05, 3.63) is 0 Å². The van der Waals surface area contributed by atoms with Crippen molar-refractivity contribution in [2.45, 2.75) is 58.1 Å². The first kappa shape index (κ1) is 13.3. The van der Waals surface area contributed by atoms with Gasteiger partial charge in [-0.25, -0.2) is 0 Å². The number of hydrogen-bond acceptors (Lipinski definition) is 3. The molecule has 2 rings (SSSR count). The van der Waals surface area contributed by atoms with Crippen LogP contribution in [0.1, 0.15) is 46.0 Å². The van der Waals surface area contributed by atoms with Crippen molar-refractivity contribution < 1.29 is 9.47 Å². The van der Waals surface area contributed by atoms with Crippen molar-refractivity contribution in [1.82, 2.24) is 5.32 Å². The first-order valence-corrected chi connectivity index (χ1v) is 7.11. The van der Waals surface area contributed by atoms with Crippen molar-refractivity contribution in [2.24, 2.45) is 5.41 Å². The van der Waals surface area contributed by atoms with Crippen LogP contribution in [-0.2, 0) is 9.47 Å². The van der Waals surface area contributed by atoms with Crippen LogP contribution in [0.25, 0.3) is 0 Å². The second kappa shape index (κ2) is 6.17. The summed E-state index contributed by atoms with van der Waals surface area (Å²) in [6, 6.07) is 0.706. The molecule has 1 saturated carbocycles. The maximum absolute atomic E-state index is 5.75. The molecule has 0 bridgehead atoms. The number of rotatable bonds is 6. The molecule has 1 N–H and O–H groups in total. The van der Waals surface area contributed by atoms with E-state index >= 15 is 0 Å². The van der Waals surface area contributed by atoms with Crippen molar-refractivity contribution >= 4 is 0 Å². The monoisotopic (exact) mass is 241 g/mol. The third-order valence-electron chi connectivity index (χ3n) is 4.21. The first-order valence-electron chi connectivity index (χ1n) is 7.11. The maximum Gasteiger partial charge on any atom is 0.0830 e. The van der Waals surface area contributed by atoms with Gasteiger partial charge in [-0.3, -0.25) is 0 Å². The molecule has 1 aliphatic carbocycles. The molecule has 0 amide bonds. The van der Waals surface area contributed by atoms with Crippen molar-refractivity contribution in [1.29, 1.82) is 0 Å². The van der Waals surface area contributed by atoms with E-state index in [1.807, 2.05) is 0 Å². The molecule has 3 nitrogen and oxygen atoms in total. The molecular formula is C14H27NO2. The van der Waals surface area contributed by atoms with Crippen molar-refractivity contribution in [3.8, 4) is 0 Å². The van der Waals surface area contributed by atoms with Gasteiger partial charge in [-0.15, -0.1) is 0 Å². The lowest BCUT2D eigenvalue weighted by Gasteiger charge is -2.28. The van der Waals surface area contributed by atoms with Gasteiger partial charge in [0, 0.05) is 19.3 Å². The highest BCUT2D eigenvalue weighted by Crippen LogP contribution is 2.36. The summed E-state index contributed by atoms with van der Waals surface area (Å²) >= 11 is 0. The number of hydrogen-bond donors (Lipinski definition) is 1. The van der Waals surface area contributed by atoms with Crippen LogP contribution < -0.4 is 5.32 Å². The van der Waals surface area contributed by atoms with Crippen LogP contribution in [0.4, 0.5) is 0 Å². The highest BCUT2D eigenvalue weighted by Gasteiger charge is 2.33. The molecule has 0 spiro atoms. The summed E-state index contributed by atoms with van der Waals surface area (Å²) in [4.78, 5) is 0. The minimum absolute atomic E-state index is 0.359. The fourth-order valence-electron chi connectivity index (χ4n) is 2.95. The average molecular weight is 241 g/mol. The quantitative estimate of drug-likeness (QED) is 0.724. The summed E-state index contributed by atoms with van der Waals surface area (Å²) < 4.78 is 11.0. The Balaban J connectivity index is 1.51. The van der Waals surface area contributed by atoms with Crippen LogP contribution in [0, 0.1) is 5.41 Å². The molecule has 3 heteroatoms. The first-order chi connectivity index (χ1) is 8.18. The van der Waals surface area contributed by atoms with E-state index < -0.39 is 0 Å². The summed E-state index contributed by atoms with van der Waals surface area (Å²) in [6.07, 6.45) is 6.62. The lowest BCUT2D eigenvalue weighted by molar-refractivity contribution is 0.0410. The minimum atomic E-state index is 0.359. The Kier molecular flexibility index (Phi) is 4.83. The third kappa shape index (κ3) is 3.94. The van der Waals surface area contributed by atoms with E-state index in [-0.39, 0.29) is 0 Å². The zero-order valence-corrected chi connectivity index (χ0v) is 11.3. The molecule has 17 heavy (non-hydrogen) atoms. The van der Waals surface area contributed by atoms with E-state index in [9.17, 15) is 0 Å². The van der Waals surface area contributed by atoms with Crippen molar-refractivity contribution in [2.75, 3.05) is 26.4 Å². The van der Waals surface area contributed by atoms with E-state index in [0.717, 1.165) is 39.2 Å². The van der Waals surface area contributed by atoms with E-state index in [1.54, 1.807) is 0 Å². The largest absolute Gasteiger partial charge is 0.379 e. The molecule has 0 aromatic rings. The Bertz CT molecular complexity index is 224. The Morgan fingerprint density at radius 3 is 2.88 bits per heavy atom. The molecule has 0 aromatic heterocycles. The van der Waals surface area contributed by atoms with Gasteiger partial charge in [0.05, 0.1) is 12.7 Å². The molecule has 2 aliphatic rings. The third-order valence-corrected chi connectivity index (χ3v) is 4.21. The van der Waals surface area contributed by atoms with Gasteiger partial charge in [-0.05, 0) is 37.6 Å². The van der Waals surface area contributed by atoms with Crippen molar-refractivity contribution in [3.63, 3.8) is 0 Å². The fourth-order valence-corrected chi connectivity index (χ4v) is 2.95. The van der Waals surface area contributed by atoms with E-state index in [1.165, 1.54) is 19.3 Å². The van der Waals surface area contributed by atoms with Crippen LogP contribution >= 0.6 is 0 Å². The molecule has 0 radical (unpaired) electrons. The summed E-state index contributed by atoms with van der Waals surface area (Å²) in [5.41, 5.74) is 0.486. The SMILES string of the molecule is CC1(C)CCC[C@H]1NCCCO[C@H]1CCOC1. The second-order valence-electron chi connectivity index (χ2n) is 6.10. The van der Waals surface area contributed by atoms with Gasteiger partial charge < -0.3 is 14.8 Å². The molecule has 1 heterocycles. The maximum atomic E-state index is 5.75. The highest BCUT2D eigenvalue weighted by atomic mass is 16.5. The van der Waals surface area contributed by atoms with Crippen LogP contribution in [-0.4, -0.2) is 38.5 Å². The van der Waals surface area contributed by atoms with Crippen LogP contribution in [0.5, 0.6) is 0 Å². The topological polar surface area (TPSA) is 30.5 Å². The molecule has 0 unspecified atom stereocenters. The molecule has 2 fully saturated rings. The van der Waals surface area contributed by atoms with Gasteiger partial charge in [0.25, 0.3) is 0 Å². The molecule has 1 aliphatic heterocycles. The summed E-state index contributed by atoms with van der Waals surface area (Å²) in [6.45, 7) is 8.38. The normalized spacial score (nSPS) is 32.1. The number of ether oxygens (including phenoxy) is 2. The fraction of sp³-hybridized carbons (Fsp3) is 1.00. The predicted molar refractivity (Wildman–Crippen MR) is 69.2 cm³/mol. The lowest BCUT2D eigenvalue weighted by Crippen LogP contribution is -2.38. The van der Waals surface area contributed by atoms with Gasteiger partial charge >= 0.3 is 0 Å². The average Bonchev–Trinajstić information content (AvgIpc) is 2.88. The zero-order valence-electron chi connectivity index (χ0n) is 11.3. The van der Waals surface area contributed by atoms with Crippen LogP contribution in [0.2, 0.25) is 0 Å². The summed E-state index contributed by atoms with van der Waals surface area (Å²) in [5, 5.41) is 3.69. The Labute approximate surface area is 105 Å². The summed E-state index contributed by atoms with van der Waals surface area (Å²) in [5.74, 6) is 0. The molecule has 0 aromatic carbocycles. The van der Waals surface area contributed by atoms with Crippen LogP contribution in [0.15, 0.2) is 0 Å². The highest BCUT2D eigenvalue weighted by molar-refractivity contribution is 4.89. The second-order valence-corrected chi connectivity index (χ2v) is 6.10. The molecule has 2 atom stereocenters. The Morgan fingerprint density at radius 1 is 1.35 bits per heavy atom.